The molecule has 2 aromatic rings. The van der Waals surface area contributed by atoms with Gasteiger partial charge in [-0.3, -0.25) is 14.5 Å². The van der Waals surface area contributed by atoms with Crippen LogP contribution in [-0.2, 0) is 14.3 Å². The summed E-state index contributed by atoms with van der Waals surface area (Å²) in [6, 6.07) is 11.8. The second kappa shape index (κ2) is 9.51. The van der Waals surface area contributed by atoms with Crippen LogP contribution in [0.4, 0.5) is 5.69 Å². The summed E-state index contributed by atoms with van der Waals surface area (Å²) in [5, 5.41) is 3.98. The zero-order chi connectivity index (χ0) is 21.8. The summed E-state index contributed by atoms with van der Waals surface area (Å²) in [7, 11) is 1.52. The summed E-state index contributed by atoms with van der Waals surface area (Å²) >= 11 is 12.2. The first-order chi connectivity index (χ1) is 14.3. The van der Waals surface area contributed by atoms with Gasteiger partial charge >= 0.3 is 0 Å². The molecule has 8 heteroatoms. The fourth-order valence-electron chi connectivity index (χ4n) is 3.05. The Morgan fingerprint density at radius 2 is 1.73 bits per heavy atom. The van der Waals surface area contributed by atoms with Crippen molar-refractivity contribution >= 4 is 46.3 Å². The Bertz CT molecular complexity index is 987. The molecule has 0 aromatic heterocycles. The number of ether oxygens (including phenoxy) is 2. The molecule has 0 aliphatic carbocycles. The van der Waals surface area contributed by atoms with E-state index < -0.39 is 11.8 Å². The quantitative estimate of drug-likeness (QED) is 0.596. The average Bonchev–Trinajstić information content (AvgIpc) is 2.93. The Balaban J connectivity index is 1.96. The first kappa shape index (κ1) is 22.2. The van der Waals surface area contributed by atoms with E-state index in [1.165, 1.54) is 12.0 Å². The van der Waals surface area contributed by atoms with Gasteiger partial charge in [0.05, 0.1) is 37.0 Å². The molecule has 30 heavy (non-hydrogen) atoms. The Kier molecular flexibility index (Phi) is 7.02. The molecule has 1 aliphatic heterocycles. The number of hydrogen-bond donors (Lipinski definition) is 1. The summed E-state index contributed by atoms with van der Waals surface area (Å²) in [6.07, 6.45) is 0.000498. The van der Waals surface area contributed by atoms with E-state index in [9.17, 15) is 9.59 Å². The standard InChI is InChI=1S/C22H22Cl2N2O4/c1-13(2)30-11-10-26-21(27)19(14-4-6-15(23)7-5-14)20(22(26)28)25-16-8-9-18(29-3)17(24)12-16/h4-9,12-13,25H,10-11H2,1-3H3. The van der Waals surface area contributed by atoms with Gasteiger partial charge in [0.2, 0.25) is 0 Å². The Morgan fingerprint density at radius 1 is 1.03 bits per heavy atom. The number of rotatable bonds is 8. The fourth-order valence-corrected chi connectivity index (χ4v) is 3.43. The van der Waals surface area contributed by atoms with Crippen LogP contribution >= 0.6 is 23.2 Å². The highest BCUT2D eigenvalue weighted by Gasteiger charge is 2.39. The molecule has 0 spiro atoms. The van der Waals surface area contributed by atoms with Crippen molar-refractivity contribution in [2.45, 2.75) is 20.0 Å². The molecule has 3 rings (SSSR count). The number of anilines is 1. The van der Waals surface area contributed by atoms with Crippen LogP contribution in [0.2, 0.25) is 10.0 Å². The van der Waals surface area contributed by atoms with Crippen molar-refractivity contribution in [1.82, 2.24) is 4.90 Å². The lowest BCUT2D eigenvalue weighted by molar-refractivity contribution is -0.137. The summed E-state index contributed by atoms with van der Waals surface area (Å²) < 4.78 is 10.7. The van der Waals surface area contributed by atoms with Gasteiger partial charge < -0.3 is 14.8 Å². The average molecular weight is 449 g/mol. The molecule has 0 atom stereocenters. The van der Waals surface area contributed by atoms with Crippen molar-refractivity contribution in [3.63, 3.8) is 0 Å². The van der Waals surface area contributed by atoms with Crippen molar-refractivity contribution in [3.05, 3.63) is 63.8 Å². The van der Waals surface area contributed by atoms with Crippen molar-refractivity contribution < 1.29 is 19.1 Å². The molecule has 0 fully saturated rings. The van der Waals surface area contributed by atoms with Crippen molar-refractivity contribution in [1.29, 1.82) is 0 Å². The van der Waals surface area contributed by atoms with Crippen LogP contribution in [-0.4, -0.2) is 43.1 Å². The third kappa shape index (κ3) is 4.78. The summed E-state index contributed by atoms with van der Waals surface area (Å²) in [5.74, 6) is -0.309. The first-order valence-electron chi connectivity index (χ1n) is 9.40. The van der Waals surface area contributed by atoms with Gasteiger partial charge in [0.25, 0.3) is 11.8 Å². The molecule has 0 saturated heterocycles. The molecule has 0 radical (unpaired) electrons. The van der Waals surface area contributed by atoms with Crippen molar-refractivity contribution in [3.8, 4) is 5.75 Å². The molecule has 158 valence electrons. The number of benzene rings is 2. The first-order valence-corrected chi connectivity index (χ1v) is 10.2. The van der Waals surface area contributed by atoms with E-state index in [1.807, 2.05) is 13.8 Å². The Hall–Kier alpha value is -2.54. The van der Waals surface area contributed by atoms with Gasteiger partial charge in [-0.1, -0.05) is 35.3 Å². The lowest BCUT2D eigenvalue weighted by Gasteiger charge is -2.16. The molecule has 0 saturated carbocycles. The molecule has 2 amide bonds. The van der Waals surface area contributed by atoms with E-state index in [4.69, 9.17) is 32.7 Å². The van der Waals surface area contributed by atoms with E-state index in [0.29, 0.717) is 27.0 Å². The molecule has 0 unspecified atom stereocenters. The van der Waals surface area contributed by atoms with Crippen LogP contribution in [0, 0.1) is 0 Å². The highest BCUT2D eigenvalue weighted by atomic mass is 35.5. The molecule has 1 heterocycles. The fraction of sp³-hybridized carbons (Fsp3) is 0.273. The largest absolute Gasteiger partial charge is 0.495 e. The number of nitrogens with one attached hydrogen (secondary N) is 1. The molecule has 2 aromatic carbocycles. The van der Waals surface area contributed by atoms with Gasteiger partial charge in [-0.2, -0.15) is 0 Å². The number of halogens is 2. The topological polar surface area (TPSA) is 67.9 Å². The number of carbonyl (C=O) groups is 2. The number of nitrogens with zero attached hydrogens (tertiary/aromatic N) is 1. The lowest BCUT2D eigenvalue weighted by Crippen LogP contribution is -2.35. The second-order valence-electron chi connectivity index (χ2n) is 6.91. The summed E-state index contributed by atoms with van der Waals surface area (Å²) in [6.45, 7) is 4.20. The smallest absolute Gasteiger partial charge is 0.278 e. The zero-order valence-corrected chi connectivity index (χ0v) is 18.4. The van der Waals surface area contributed by atoms with E-state index >= 15 is 0 Å². The van der Waals surface area contributed by atoms with E-state index in [2.05, 4.69) is 5.32 Å². The van der Waals surface area contributed by atoms with Crippen LogP contribution in [0.25, 0.3) is 5.57 Å². The van der Waals surface area contributed by atoms with E-state index in [-0.39, 0.29) is 30.5 Å². The maximum Gasteiger partial charge on any atom is 0.278 e. The van der Waals surface area contributed by atoms with Gasteiger partial charge in [0.1, 0.15) is 11.4 Å². The maximum atomic E-state index is 13.1. The highest BCUT2D eigenvalue weighted by molar-refractivity contribution is 6.37. The van der Waals surface area contributed by atoms with Crippen LogP contribution < -0.4 is 10.1 Å². The monoisotopic (exact) mass is 448 g/mol. The third-order valence-corrected chi connectivity index (χ3v) is 5.04. The number of methoxy groups -OCH3 is 1. The molecule has 1 N–H and O–H groups in total. The predicted octanol–water partition coefficient (Wildman–Crippen LogP) is 4.62. The van der Waals surface area contributed by atoms with Crippen LogP contribution in [0.3, 0.4) is 0 Å². The molecule has 1 aliphatic rings. The normalized spacial score (nSPS) is 14.1. The van der Waals surface area contributed by atoms with Gasteiger partial charge in [0, 0.05) is 10.7 Å². The number of amides is 2. The molecule has 6 nitrogen and oxygen atoms in total. The maximum absolute atomic E-state index is 13.1. The molecular formula is C22H22Cl2N2O4. The second-order valence-corrected chi connectivity index (χ2v) is 7.76. The van der Waals surface area contributed by atoms with Crippen molar-refractivity contribution in [2.75, 3.05) is 25.6 Å². The minimum Gasteiger partial charge on any atom is -0.495 e. The number of imide groups is 1. The van der Waals surface area contributed by atoms with Gasteiger partial charge in [-0.15, -0.1) is 0 Å². The van der Waals surface area contributed by atoms with Gasteiger partial charge in [-0.05, 0) is 49.7 Å². The Morgan fingerprint density at radius 3 is 2.33 bits per heavy atom. The van der Waals surface area contributed by atoms with Crippen molar-refractivity contribution in [2.24, 2.45) is 0 Å². The summed E-state index contributed by atoms with van der Waals surface area (Å²) in [5.41, 5.74) is 1.59. The minimum absolute atomic E-state index is 0.000498. The molecular weight excluding hydrogens is 427 g/mol. The Labute approximate surface area is 185 Å². The number of hydrogen-bond acceptors (Lipinski definition) is 5. The minimum atomic E-state index is -0.427. The van der Waals surface area contributed by atoms with E-state index in [1.54, 1.807) is 42.5 Å². The van der Waals surface area contributed by atoms with Crippen LogP contribution in [0.15, 0.2) is 48.2 Å². The lowest BCUT2D eigenvalue weighted by atomic mass is 10.0. The van der Waals surface area contributed by atoms with Crippen LogP contribution in [0.1, 0.15) is 19.4 Å². The third-order valence-electron chi connectivity index (χ3n) is 4.49. The zero-order valence-electron chi connectivity index (χ0n) is 16.9. The number of carbonyl (C=O) groups excluding carboxylic acids is 2. The highest BCUT2D eigenvalue weighted by Crippen LogP contribution is 2.33. The SMILES string of the molecule is COc1ccc(NC2=C(c3ccc(Cl)cc3)C(=O)N(CCOC(C)C)C2=O)cc1Cl. The predicted molar refractivity (Wildman–Crippen MR) is 118 cm³/mol. The van der Waals surface area contributed by atoms with E-state index in [0.717, 1.165) is 0 Å². The van der Waals surface area contributed by atoms with Gasteiger partial charge in [-0.25, -0.2) is 0 Å². The van der Waals surface area contributed by atoms with Gasteiger partial charge in [0.15, 0.2) is 0 Å². The summed E-state index contributed by atoms with van der Waals surface area (Å²) in [4.78, 5) is 27.4. The molecule has 0 bridgehead atoms. The van der Waals surface area contributed by atoms with Crippen LogP contribution in [0.5, 0.6) is 5.75 Å².